The first-order chi connectivity index (χ1) is 17.1. The van der Waals surface area contributed by atoms with Crippen molar-refractivity contribution in [3.8, 4) is 0 Å². The summed E-state index contributed by atoms with van der Waals surface area (Å²) in [6.07, 6.45) is 5.45. The molecule has 3 aromatic heterocycles. The number of amides is 1. The van der Waals surface area contributed by atoms with Gasteiger partial charge in [0.05, 0.1) is 23.3 Å². The number of nitrogens with zero attached hydrogens (tertiary/aromatic N) is 3. The van der Waals surface area contributed by atoms with Gasteiger partial charge in [-0.15, -0.1) is 11.3 Å². The number of carbonyl (C=O) groups is 1. The van der Waals surface area contributed by atoms with E-state index in [0.717, 1.165) is 54.2 Å². The van der Waals surface area contributed by atoms with Crippen LogP contribution in [0.3, 0.4) is 0 Å². The van der Waals surface area contributed by atoms with Crippen LogP contribution in [0.5, 0.6) is 0 Å². The molecule has 9 heteroatoms. The molecular formula is C26H25ClN4O2S2. The molecule has 35 heavy (non-hydrogen) atoms. The van der Waals surface area contributed by atoms with E-state index in [2.05, 4.69) is 25.8 Å². The molecule has 0 aliphatic carbocycles. The van der Waals surface area contributed by atoms with Crippen LogP contribution in [0.4, 0.5) is 0 Å². The van der Waals surface area contributed by atoms with Crippen molar-refractivity contribution >= 4 is 51.3 Å². The lowest BCUT2D eigenvalue weighted by Gasteiger charge is -2.25. The minimum Gasteiger partial charge on any atom is -0.379 e. The molecule has 6 nitrogen and oxygen atoms in total. The van der Waals surface area contributed by atoms with Gasteiger partial charge in [0.25, 0.3) is 5.91 Å². The topological polar surface area (TPSA) is 59.4 Å². The van der Waals surface area contributed by atoms with Gasteiger partial charge in [0.1, 0.15) is 4.83 Å². The van der Waals surface area contributed by atoms with Crippen molar-refractivity contribution in [2.75, 3.05) is 26.3 Å². The lowest BCUT2D eigenvalue weighted by atomic mass is 10.1. The third-order valence-corrected chi connectivity index (χ3v) is 7.84. The number of pyridine rings is 2. The summed E-state index contributed by atoms with van der Waals surface area (Å²) >= 11 is 13.5. The van der Waals surface area contributed by atoms with E-state index in [-0.39, 0.29) is 5.91 Å². The van der Waals surface area contributed by atoms with Gasteiger partial charge in [0, 0.05) is 66.6 Å². The highest BCUT2D eigenvalue weighted by molar-refractivity contribution is 7.71. The van der Waals surface area contributed by atoms with E-state index in [9.17, 15) is 4.79 Å². The number of hydrogen-bond donors (Lipinski definition) is 1. The molecule has 0 atom stereocenters. The standard InChI is InChI=1S/C26H25ClN4O2S2/c27-20-3-1-18(2-4-20)14-29-25(32)23-17-31(15-19-5-7-28-8-6-19)26-22(24(23)34)13-21(35-26)16-30-9-11-33-12-10-30/h1-8,13,17H,9-12,14-16H2,(H,29,32). The molecule has 180 valence electrons. The normalized spacial score (nSPS) is 14.3. The van der Waals surface area contributed by atoms with Crippen LogP contribution in [0.1, 0.15) is 26.4 Å². The molecular weight excluding hydrogens is 500 g/mol. The molecule has 1 aliphatic heterocycles. The Morgan fingerprint density at radius 1 is 1.09 bits per heavy atom. The summed E-state index contributed by atoms with van der Waals surface area (Å²) in [4.78, 5) is 22.1. The number of aromatic nitrogens is 2. The molecule has 1 amide bonds. The van der Waals surface area contributed by atoms with Crippen LogP contribution >= 0.6 is 35.2 Å². The fraction of sp³-hybridized carbons (Fsp3) is 0.269. The molecule has 1 saturated heterocycles. The molecule has 5 rings (SSSR count). The molecule has 0 radical (unpaired) electrons. The van der Waals surface area contributed by atoms with Crippen molar-refractivity contribution in [1.29, 1.82) is 0 Å². The number of ether oxygens (including phenoxy) is 1. The van der Waals surface area contributed by atoms with Crippen molar-refractivity contribution < 1.29 is 9.53 Å². The average Bonchev–Trinajstić information content (AvgIpc) is 3.31. The molecule has 0 bridgehead atoms. The maximum Gasteiger partial charge on any atom is 0.254 e. The summed E-state index contributed by atoms with van der Waals surface area (Å²) in [5.74, 6) is -0.184. The minimum absolute atomic E-state index is 0.184. The molecule has 4 aromatic rings. The number of benzene rings is 1. The Morgan fingerprint density at radius 2 is 1.83 bits per heavy atom. The largest absolute Gasteiger partial charge is 0.379 e. The van der Waals surface area contributed by atoms with Gasteiger partial charge in [-0.2, -0.15) is 0 Å². The van der Waals surface area contributed by atoms with Crippen LogP contribution in [0, 0.1) is 4.51 Å². The quantitative estimate of drug-likeness (QED) is 0.333. The Labute approximate surface area is 218 Å². The van der Waals surface area contributed by atoms with Gasteiger partial charge >= 0.3 is 0 Å². The van der Waals surface area contributed by atoms with Crippen LogP contribution in [0.2, 0.25) is 5.02 Å². The molecule has 0 spiro atoms. The van der Waals surface area contributed by atoms with Crippen molar-refractivity contribution in [1.82, 2.24) is 19.8 Å². The Balaban J connectivity index is 1.47. The van der Waals surface area contributed by atoms with Gasteiger partial charge in [-0.1, -0.05) is 36.0 Å². The average molecular weight is 525 g/mol. The van der Waals surface area contributed by atoms with E-state index in [0.29, 0.717) is 28.2 Å². The van der Waals surface area contributed by atoms with Crippen molar-refractivity contribution in [3.05, 3.63) is 92.2 Å². The van der Waals surface area contributed by atoms with E-state index < -0.39 is 0 Å². The van der Waals surface area contributed by atoms with Crippen molar-refractivity contribution in [2.45, 2.75) is 19.6 Å². The monoisotopic (exact) mass is 524 g/mol. The lowest BCUT2D eigenvalue weighted by molar-refractivity contribution is 0.0346. The van der Waals surface area contributed by atoms with Gasteiger partial charge in [-0.25, -0.2) is 0 Å². The first kappa shape index (κ1) is 24.1. The van der Waals surface area contributed by atoms with E-state index in [1.54, 1.807) is 23.7 Å². The van der Waals surface area contributed by atoms with Crippen LogP contribution in [-0.2, 0) is 24.4 Å². The Morgan fingerprint density at radius 3 is 2.57 bits per heavy atom. The minimum atomic E-state index is -0.184. The van der Waals surface area contributed by atoms with E-state index in [1.807, 2.05) is 42.6 Å². The highest BCUT2D eigenvalue weighted by atomic mass is 35.5. The van der Waals surface area contributed by atoms with Crippen molar-refractivity contribution in [3.63, 3.8) is 0 Å². The van der Waals surface area contributed by atoms with Crippen LogP contribution in [-0.4, -0.2) is 46.7 Å². The van der Waals surface area contributed by atoms with Crippen LogP contribution in [0.15, 0.2) is 61.1 Å². The lowest BCUT2D eigenvalue weighted by Crippen LogP contribution is -2.35. The summed E-state index contributed by atoms with van der Waals surface area (Å²) < 4.78 is 8.21. The second-order valence-electron chi connectivity index (χ2n) is 8.48. The number of morpholine rings is 1. The predicted molar refractivity (Wildman–Crippen MR) is 143 cm³/mol. The molecule has 1 aliphatic rings. The van der Waals surface area contributed by atoms with Gasteiger partial charge in [-0.05, 0) is 41.5 Å². The zero-order valence-corrected chi connectivity index (χ0v) is 21.5. The fourth-order valence-electron chi connectivity index (χ4n) is 4.13. The first-order valence-electron chi connectivity index (χ1n) is 11.4. The van der Waals surface area contributed by atoms with Crippen molar-refractivity contribution in [2.24, 2.45) is 0 Å². The number of carbonyl (C=O) groups excluding carboxylic acids is 1. The smallest absolute Gasteiger partial charge is 0.254 e. The SMILES string of the molecule is O=C(NCc1ccc(Cl)cc1)c1cn(Cc2ccncc2)c2sc(CN3CCOCC3)cc2c1=S. The van der Waals surface area contributed by atoms with E-state index in [1.165, 1.54) is 4.88 Å². The van der Waals surface area contributed by atoms with E-state index >= 15 is 0 Å². The van der Waals surface area contributed by atoms with E-state index in [4.69, 9.17) is 28.6 Å². The number of halogens is 1. The number of nitrogens with one attached hydrogen (secondary N) is 1. The molecule has 0 saturated carbocycles. The maximum atomic E-state index is 13.2. The van der Waals surface area contributed by atoms with Crippen LogP contribution < -0.4 is 5.32 Å². The Bertz CT molecular complexity index is 1380. The maximum absolute atomic E-state index is 13.2. The fourth-order valence-corrected chi connectivity index (χ4v) is 5.80. The third kappa shape index (κ3) is 5.79. The Kier molecular flexibility index (Phi) is 7.55. The zero-order valence-electron chi connectivity index (χ0n) is 19.1. The number of hydrogen-bond acceptors (Lipinski definition) is 6. The second-order valence-corrected chi connectivity index (χ2v) is 10.4. The van der Waals surface area contributed by atoms with Gasteiger partial charge in [0.2, 0.25) is 0 Å². The highest BCUT2D eigenvalue weighted by Gasteiger charge is 2.18. The first-order valence-corrected chi connectivity index (χ1v) is 13.0. The number of thiophene rings is 1. The zero-order chi connectivity index (χ0) is 24.2. The third-order valence-electron chi connectivity index (χ3n) is 5.99. The van der Waals surface area contributed by atoms with Gasteiger partial charge < -0.3 is 14.6 Å². The molecule has 1 N–H and O–H groups in total. The van der Waals surface area contributed by atoms with Gasteiger partial charge in [-0.3, -0.25) is 14.7 Å². The second kappa shape index (κ2) is 11.0. The molecule has 1 aromatic carbocycles. The highest BCUT2D eigenvalue weighted by Crippen LogP contribution is 2.30. The Hall–Kier alpha value is -2.62. The number of fused-ring (bicyclic) bond motifs is 1. The van der Waals surface area contributed by atoms with Crippen LogP contribution in [0.25, 0.3) is 10.2 Å². The summed E-state index contributed by atoms with van der Waals surface area (Å²) in [5.41, 5.74) is 2.59. The summed E-state index contributed by atoms with van der Waals surface area (Å²) in [5, 5.41) is 4.63. The predicted octanol–water partition coefficient (Wildman–Crippen LogP) is 5.29. The molecule has 4 heterocycles. The summed E-state index contributed by atoms with van der Waals surface area (Å²) in [6, 6.07) is 13.6. The van der Waals surface area contributed by atoms with Gasteiger partial charge in [0.15, 0.2) is 0 Å². The molecule has 0 unspecified atom stereocenters. The summed E-state index contributed by atoms with van der Waals surface area (Å²) in [6.45, 7) is 5.25. The summed E-state index contributed by atoms with van der Waals surface area (Å²) in [7, 11) is 0. The number of rotatable bonds is 7. The molecule has 1 fully saturated rings.